The maximum atomic E-state index is 5.36. The Balaban J connectivity index is 1.72. The predicted molar refractivity (Wildman–Crippen MR) is 89.9 cm³/mol. The van der Waals surface area contributed by atoms with Gasteiger partial charge in [0.25, 0.3) is 0 Å². The van der Waals surface area contributed by atoms with Gasteiger partial charge in [0, 0.05) is 25.4 Å². The zero-order valence-corrected chi connectivity index (χ0v) is 12.9. The summed E-state index contributed by atoms with van der Waals surface area (Å²) in [6.45, 7) is 0.726. The van der Waals surface area contributed by atoms with Gasteiger partial charge in [-0.25, -0.2) is 4.98 Å². The van der Waals surface area contributed by atoms with Gasteiger partial charge in [-0.1, -0.05) is 30.3 Å². The number of ether oxygens (including phenoxy) is 1. The van der Waals surface area contributed by atoms with E-state index in [4.69, 9.17) is 4.74 Å². The van der Waals surface area contributed by atoms with E-state index < -0.39 is 0 Å². The Kier molecular flexibility index (Phi) is 4.19. The van der Waals surface area contributed by atoms with Crippen LogP contribution in [-0.4, -0.2) is 29.4 Å². The van der Waals surface area contributed by atoms with E-state index in [1.807, 2.05) is 54.5 Å². The van der Waals surface area contributed by atoms with E-state index in [1.165, 1.54) is 5.56 Å². The molecule has 0 aliphatic heterocycles. The fourth-order valence-corrected chi connectivity index (χ4v) is 2.54. The molecule has 0 aliphatic carbocycles. The Hall–Kier alpha value is -2.62. The lowest BCUT2D eigenvalue weighted by Crippen LogP contribution is -1.95. The minimum Gasteiger partial charge on any atom is -0.496 e. The van der Waals surface area contributed by atoms with E-state index in [1.54, 1.807) is 7.11 Å². The van der Waals surface area contributed by atoms with Crippen LogP contribution in [0.25, 0.3) is 11.0 Å². The second-order valence-corrected chi connectivity index (χ2v) is 5.17. The molecule has 0 unspecified atom stereocenters. The number of rotatable bonds is 5. The molecule has 0 N–H and O–H groups in total. The average Bonchev–Trinajstić information content (AvgIpc) is 2.94. The molecule has 3 aromatic rings. The van der Waals surface area contributed by atoms with Gasteiger partial charge in [-0.2, -0.15) is 0 Å². The molecule has 1 aromatic heterocycles. The average molecular weight is 293 g/mol. The number of aromatic nitrogens is 2. The molecule has 112 valence electrons. The van der Waals surface area contributed by atoms with Crippen molar-refractivity contribution in [2.45, 2.75) is 6.42 Å². The van der Waals surface area contributed by atoms with Crippen LogP contribution in [0.1, 0.15) is 11.1 Å². The van der Waals surface area contributed by atoms with Crippen LogP contribution in [-0.2, 0) is 13.5 Å². The monoisotopic (exact) mass is 293 g/mol. The summed E-state index contributed by atoms with van der Waals surface area (Å²) in [5, 5.41) is 0. The minimum atomic E-state index is 0.726. The van der Waals surface area contributed by atoms with Gasteiger partial charge in [0.1, 0.15) is 5.75 Å². The highest BCUT2D eigenvalue weighted by molar-refractivity contribution is 5.96. The number of imidazole rings is 1. The van der Waals surface area contributed by atoms with Crippen molar-refractivity contribution in [1.82, 2.24) is 9.55 Å². The molecular weight excluding hydrogens is 274 g/mol. The first kappa shape index (κ1) is 14.3. The molecule has 0 spiro atoms. The van der Waals surface area contributed by atoms with Gasteiger partial charge in [0.05, 0.1) is 24.5 Å². The van der Waals surface area contributed by atoms with Crippen LogP contribution < -0.4 is 4.74 Å². The molecule has 0 saturated carbocycles. The van der Waals surface area contributed by atoms with E-state index >= 15 is 0 Å². The van der Waals surface area contributed by atoms with Gasteiger partial charge in [0.2, 0.25) is 0 Å². The van der Waals surface area contributed by atoms with Crippen molar-refractivity contribution in [3.63, 3.8) is 0 Å². The Morgan fingerprint density at radius 1 is 1.18 bits per heavy atom. The molecule has 3 rings (SSSR count). The minimum absolute atomic E-state index is 0.726. The fourth-order valence-electron chi connectivity index (χ4n) is 2.54. The molecule has 1 heterocycles. The van der Waals surface area contributed by atoms with Crippen molar-refractivity contribution < 1.29 is 4.74 Å². The summed E-state index contributed by atoms with van der Waals surface area (Å²) in [4.78, 5) is 8.98. The zero-order chi connectivity index (χ0) is 15.4. The van der Waals surface area contributed by atoms with Gasteiger partial charge in [0.15, 0.2) is 0 Å². The Morgan fingerprint density at radius 2 is 2.05 bits per heavy atom. The molecule has 0 saturated heterocycles. The lowest BCUT2D eigenvalue weighted by molar-refractivity contribution is 0.410. The zero-order valence-electron chi connectivity index (χ0n) is 12.9. The van der Waals surface area contributed by atoms with Crippen LogP contribution in [0.15, 0.2) is 53.8 Å². The van der Waals surface area contributed by atoms with E-state index in [0.29, 0.717) is 0 Å². The lowest BCUT2D eigenvalue weighted by atomic mass is 10.1. The van der Waals surface area contributed by atoms with Crippen molar-refractivity contribution in [3.8, 4) is 5.75 Å². The topological polar surface area (TPSA) is 39.4 Å². The second-order valence-electron chi connectivity index (χ2n) is 5.17. The van der Waals surface area contributed by atoms with Crippen molar-refractivity contribution in [3.05, 3.63) is 59.9 Å². The highest BCUT2D eigenvalue weighted by atomic mass is 16.5. The maximum Gasteiger partial charge on any atom is 0.122 e. The van der Waals surface area contributed by atoms with Crippen molar-refractivity contribution in [2.24, 2.45) is 12.0 Å². The molecule has 0 aliphatic rings. The van der Waals surface area contributed by atoms with Crippen LogP contribution >= 0.6 is 0 Å². The summed E-state index contributed by atoms with van der Waals surface area (Å²) in [5.74, 6) is 0.921. The van der Waals surface area contributed by atoms with Crippen LogP contribution in [0.4, 0.5) is 0 Å². The van der Waals surface area contributed by atoms with Crippen LogP contribution in [0.3, 0.4) is 0 Å². The molecule has 0 radical (unpaired) electrons. The summed E-state index contributed by atoms with van der Waals surface area (Å²) in [7, 11) is 3.70. The SMILES string of the molecule is COc1ccccc1CCN=Cc1cccc2c1ncn2C. The smallest absolute Gasteiger partial charge is 0.122 e. The molecule has 0 fully saturated rings. The Labute approximate surface area is 130 Å². The van der Waals surface area contributed by atoms with Crippen LogP contribution in [0, 0.1) is 0 Å². The first-order chi connectivity index (χ1) is 10.8. The molecule has 4 nitrogen and oxygen atoms in total. The van der Waals surface area contributed by atoms with E-state index in [2.05, 4.69) is 22.1 Å². The summed E-state index contributed by atoms with van der Waals surface area (Å²) < 4.78 is 7.37. The number of para-hydroxylation sites is 2. The third kappa shape index (κ3) is 2.86. The van der Waals surface area contributed by atoms with Gasteiger partial charge in [-0.05, 0) is 24.1 Å². The van der Waals surface area contributed by atoms with Crippen molar-refractivity contribution in [2.75, 3.05) is 13.7 Å². The summed E-state index contributed by atoms with van der Waals surface area (Å²) in [6, 6.07) is 14.2. The highest BCUT2D eigenvalue weighted by Crippen LogP contribution is 2.18. The van der Waals surface area contributed by atoms with E-state index in [0.717, 1.165) is 35.3 Å². The van der Waals surface area contributed by atoms with Crippen LogP contribution in [0.5, 0.6) is 5.75 Å². The van der Waals surface area contributed by atoms with Crippen molar-refractivity contribution >= 4 is 17.2 Å². The van der Waals surface area contributed by atoms with Gasteiger partial charge in [-0.15, -0.1) is 0 Å². The number of hydrogen-bond acceptors (Lipinski definition) is 3. The number of hydrogen-bond donors (Lipinski definition) is 0. The lowest BCUT2D eigenvalue weighted by Gasteiger charge is -2.06. The van der Waals surface area contributed by atoms with E-state index in [-0.39, 0.29) is 0 Å². The highest BCUT2D eigenvalue weighted by Gasteiger charge is 2.03. The molecule has 0 atom stereocenters. The van der Waals surface area contributed by atoms with Crippen molar-refractivity contribution in [1.29, 1.82) is 0 Å². The quantitative estimate of drug-likeness (QED) is 0.677. The number of aliphatic imine (C=N–C) groups is 1. The normalized spacial score (nSPS) is 11.4. The summed E-state index contributed by atoms with van der Waals surface area (Å²) in [5.41, 5.74) is 4.34. The molecule has 0 bridgehead atoms. The Bertz CT molecular complexity index is 805. The largest absolute Gasteiger partial charge is 0.496 e. The summed E-state index contributed by atoms with van der Waals surface area (Å²) >= 11 is 0. The third-order valence-electron chi connectivity index (χ3n) is 3.72. The first-order valence-electron chi connectivity index (χ1n) is 7.31. The number of aryl methyl sites for hydroxylation is 1. The molecule has 0 amide bonds. The third-order valence-corrected chi connectivity index (χ3v) is 3.72. The number of benzene rings is 2. The van der Waals surface area contributed by atoms with E-state index in [9.17, 15) is 0 Å². The molecular formula is C18H19N3O. The number of methoxy groups -OCH3 is 1. The van der Waals surface area contributed by atoms with Gasteiger partial charge in [-0.3, -0.25) is 4.99 Å². The van der Waals surface area contributed by atoms with Gasteiger partial charge < -0.3 is 9.30 Å². The molecule has 22 heavy (non-hydrogen) atoms. The number of nitrogens with zero attached hydrogens (tertiary/aromatic N) is 3. The van der Waals surface area contributed by atoms with Crippen LogP contribution in [0.2, 0.25) is 0 Å². The number of fused-ring (bicyclic) bond motifs is 1. The first-order valence-corrected chi connectivity index (χ1v) is 7.31. The van der Waals surface area contributed by atoms with Gasteiger partial charge >= 0.3 is 0 Å². The standard InChI is InChI=1S/C18H19N3O/c1-21-13-20-18-15(7-5-8-16(18)21)12-19-11-10-14-6-3-4-9-17(14)22-2/h3-9,12-13H,10-11H2,1-2H3. The summed E-state index contributed by atoms with van der Waals surface area (Å²) in [6.07, 6.45) is 4.60. The fraction of sp³-hybridized carbons (Fsp3) is 0.222. The second kappa shape index (κ2) is 6.43. The molecule has 2 aromatic carbocycles. The molecule has 4 heteroatoms. The predicted octanol–water partition coefficient (Wildman–Crippen LogP) is 3.24. The maximum absolute atomic E-state index is 5.36. The Morgan fingerprint density at radius 3 is 2.91 bits per heavy atom.